The van der Waals surface area contributed by atoms with Crippen molar-refractivity contribution in [1.82, 2.24) is 0 Å². The van der Waals surface area contributed by atoms with Crippen LogP contribution < -0.4 is 4.90 Å². The van der Waals surface area contributed by atoms with Crippen LogP contribution >= 0.6 is 11.8 Å². The van der Waals surface area contributed by atoms with E-state index in [-0.39, 0.29) is 11.8 Å². The van der Waals surface area contributed by atoms with Crippen LogP contribution in [0.5, 0.6) is 0 Å². The van der Waals surface area contributed by atoms with Crippen LogP contribution in [0.3, 0.4) is 0 Å². The highest BCUT2D eigenvalue weighted by Gasteiger charge is 2.78. The number of nitrogens with zero attached hydrogens (tertiary/aromatic N) is 1. The van der Waals surface area contributed by atoms with E-state index in [4.69, 9.17) is 4.74 Å². The summed E-state index contributed by atoms with van der Waals surface area (Å²) in [7, 11) is 0. The molecule has 4 atom stereocenters. The SMILES string of the molecule is CCS[C@@]12O[C@@](c3ccccc3)(c3ccccc31)[C@H]1C(=O)N(c3ccccc3)C(=O)[C@H]12. The first kappa shape index (κ1) is 18.8. The van der Waals surface area contributed by atoms with Crippen LogP contribution in [0.1, 0.15) is 23.6 Å². The van der Waals surface area contributed by atoms with Crippen molar-refractivity contribution in [2.45, 2.75) is 17.5 Å². The Hall–Kier alpha value is -2.89. The second-order valence-corrected chi connectivity index (χ2v) is 9.63. The highest BCUT2D eigenvalue weighted by molar-refractivity contribution is 8.00. The van der Waals surface area contributed by atoms with Crippen LogP contribution in [0.25, 0.3) is 0 Å². The highest BCUT2D eigenvalue weighted by Crippen LogP contribution is 2.72. The maximum absolute atomic E-state index is 13.9. The molecule has 2 saturated heterocycles. The largest absolute Gasteiger partial charge is 0.342 e. The number of para-hydroxylation sites is 1. The Morgan fingerprint density at radius 3 is 2.06 bits per heavy atom. The number of ether oxygens (including phenoxy) is 1. The number of anilines is 1. The molecule has 3 heterocycles. The Morgan fingerprint density at radius 2 is 1.39 bits per heavy atom. The zero-order valence-corrected chi connectivity index (χ0v) is 17.8. The number of rotatable bonds is 4. The number of hydrogen-bond acceptors (Lipinski definition) is 4. The van der Waals surface area contributed by atoms with Gasteiger partial charge in [0.15, 0.2) is 4.93 Å². The first-order valence-corrected chi connectivity index (χ1v) is 11.6. The lowest BCUT2D eigenvalue weighted by Gasteiger charge is -2.33. The number of thioether (sulfide) groups is 1. The molecule has 6 rings (SSSR count). The zero-order valence-electron chi connectivity index (χ0n) is 17.0. The van der Waals surface area contributed by atoms with Crippen LogP contribution in [0, 0.1) is 11.8 Å². The number of benzene rings is 3. The predicted octanol–water partition coefficient (Wildman–Crippen LogP) is 4.69. The molecule has 154 valence electrons. The number of carbonyl (C=O) groups excluding carboxylic acids is 2. The number of hydrogen-bond donors (Lipinski definition) is 0. The summed E-state index contributed by atoms with van der Waals surface area (Å²) < 4.78 is 6.93. The Bertz CT molecular complexity index is 1200. The fraction of sp³-hybridized carbons (Fsp3) is 0.231. The van der Waals surface area contributed by atoms with E-state index in [0.29, 0.717) is 5.69 Å². The molecule has 5 heteroatoms. The van der Waals surface area contributed by atoms with Crippen molar-refractivity contribution in [2.24, 2.45) is 11.8 Å². The summed E-state index contributed by atoms with van der Waals surface area (Å²) in [6.07, 6.45) is 0. The third-order valence-electron chi connectivity index (χ3n) is 6.74. The van der Waals surface area contributed by atoms with Crippen molar-refractivity contribution in [3.8, 4) is 0 Å². The number of amides is 2. The molecular weight excluding hydrogens is 406 g/mol. The van der Waals surface area contributed by atoms with E-state index in [2.05, 4.69) is 19.1 Å². The minimum Gasteiger partial charge on any atom is -0.342 e. The van der Waals surface area contributed by atoms with Gasteiger partial charge < -0.3 is 4.74 Å². The summed E-state index contributed by atoms with van der Waals surface area (Å²) in [6, 6.07) is 27.2. The van der Waals surface area contributed by atoms with Crippen molar-refractivity contribution < 1.29 is 14.3 Å². The van der Waals surface area contributed by atoms with Gasteiger partial charge in [0.05, 0.1) is 17.5 Å². The molecule has 0 aliphatic carbocycles. The van der Waals surface area contributed by atoms with Crippen molar-refractivity contribution in [2.75, 3.05) is 10.7 Å². The van der Waals surface area contributed by atoms with Crippen LogP contribution in [0.4, 0.5) is 5.69 Å². The zero-order chi connectivity index (χ0) is 21.2. The van der Waals surface area contributed by atoms with Crippen molar-refractivity contribution in [3.63, 3.8) is 0 Å². The topological polar surface area (TPSA) is 46.6 Å². The smallest absolute Gasteiger partial charge is 0.242 e. The maximum Gasteiger partial charge on any atom is 0.242 e. The van der Waals surface area contributed by atoms with Crippen LogP contribution in [-0.2, 0) is 24.9 Å². The Labute approximate surface area is 185 Å². The lowest BCUT2D eigenvalue weighted by atomic mass is 9.67. The monoisotopic (exact) mass is 427 g/mol. The maximum atomic E-state index is 13.9. The summed E-state index contributed by atoms with van der Waals surface area (Å²) in [5.41, 5.74) is 2.59. The van der Waals surface area contributed by atoms with E-state index >= 15 is 0 Å². The molecule has 0 saturated carbocycles. The van der Waals surface area contributed by atoms with Gasteiger partial charge in [-0.05, 0) is 29.0 Å². The van der Waals surface area contributed by atoms with Gasteiger partial charge in [0.2, 0.25) is 11.8 Å². The Balaban J connectivity index is 1.64. The first-order chi connectivity index (χ1) is 15.1. The van der Waals surface area contributed by atoms with Crippen LogP contribution in [0.15, 0.2) is 84.9 Å². The van der Waals surface area contributed by atoms with Gasteiger partial charge in [-0.2, -0.15) is 0 Å². The first-order valence-electron chi connectivity index (χ1n) is 10.6. The molecule has 3 aliphatic heterocycles. The minimum atomic E-state index is -0.971. The third-order valence-corrected chi connectivity index (χ3v) is 8.02. The fourth-order valence-electron chi connectivity index (χ4n) is 5.71. The quantitative estimate of drug-likeness (QED) is 0.567. The van der Waals surface area contributed by atoms with Gasteiger partial charge in [0, 0.05) is 5.56 Å². The third kappa shape index (κ3) is 2.20. The molecule has 0 aromatic heterocycles. The van der Waals surface area contributed by atoms with E-state index in [1.807, 2.05) is 72.8 Å². The van der Waals surface area contributed by atoms with Gasteiger partial charge >= 0.3 is 0 Å². The predicted molar refractivity (Wildman–Crippen MR) is 120 cm³/mol. The minimum absolute atomic E-state index is 0.172. The summed E-state index contributed by atoms with van der Waals surface area (Å²) >= 11 is 1.62. The summed E-state index contributed by atoms with van der Waals surface area (Å²) in [5, 5.41) is 0. The molecule has 3 aromatic carbocycles. The highest BCUT2D eigenvalue weighted by atomic mass is 32.2. The molecule has 0 radical (unpaired) electrons. The molecule has 2 bridgehead atoms. The molecule has 0 unspecified atom stereocenters. The molecule has 3 aliphatic rings. The Kier molecular flexibility index (Phi) is 3.98. The summed E-state index contributed by atoms with van der Waals surface area (Å²) in [5.74, 6) is -0.751. The normalized spacial score (nSPS) is 30.5. The molecule has 0 spiro atoms. The molecule has 31 heavy (non-hydrogen) atoms. The van der Waals surface area contributed by atoms with Crippen molar-refractivity contribution >= 4 is 29.3 Å². The van der Waals surface area contributed by atoms with Gasteiger partial charge in [0.1, 0.15) is 5.60 Å². The van der Waals surface area contributed by atoms with Crippen molar-refractivity contribution in [3.05, 3.63) is 102 Å². The molecule has 4 nitrogen and oxygen atoms in total. The average Bonchev–Trinajstić information content (AvgIpc) is 3.39. The average molecular weight is 428 g/mol. The summed E-state index contributed by atoms with van der Waals surface area (Å²) in [6.45, 7) is 2.07. The van der Waals surface area contributed by atoms with Gasteiger partial charge in [-0.1, -0.05) is 79.7 Å². The number of fused-ring (bicyclic) bond motifs is 8. The summed E-state index contributed by atoms with van der Waals surface area (Å²) in [4.78, 5) is 28.3. The molecule has 0 N–H and O–H groups in total. The van der Waals surface area contributed by atoms with E-state index in [0.717, 1.165) is 22.4 Å². The van der Waals surface area contributed by atoms with E-state index < -0.39 is 22.4 Å². The van der Waals surface area contributed by atoms with Gasteiger partial charge in [-0.15, -0.1) is 11.8 Å². The van der Waals surface area contributed by atoms with E-state index in [9.17, 15) is 9.59 Å². The van der Waals surface area contributed by atoms with Gasteiger partial charge in [-0.3, -0.25) is 9.59 Å². The molecule has 3 aromatic rings. The van der Waals surface area contributed by atoms with E-state index in [1.165, 1.54) is 4.90 Å². The fourth-order valence-corrected chi connectivity index (χ4v) is 7.08. The molecular formula is C26H21NO3S. The van der Waals surface area contributed by atoms with Gasteiger partial charge in [-0.25, -0.2) is 4.90 Å². The lowest BCUT2D eigenvalue weighted by Crippen LogP contribution is -2.41. The van der Waals surface area contributed by atoms with Gasteiger partial charge in [0.25, 0.3) is 0 Å². The van der Waals surface area contributed by atoms with E-state index in [1.54, 1.807) is 11.8 Å². The van der Waals surface area contributed by atoms with Crippen LogP contribution in [0.2, 0.25) is 0 Å². The number of imide groups is 1. The molecule has 2 amide bonds. The lowest BCUT2D eigenvalue weighted by molar-refractivity contribution is -0.128. The molecule has 2 fully saturated rings. The number of carbonyl (C=O) groups is 2. The standard InChI is InChI=1S/C26H21NO3S/c1-2-31-26-20-16-10-9-15-19(20)25(30-26,17-11-5-3-6-12-17)21-22(26)24(29)27(23(21)28)18-13-7-4-8-14-18/h3-16,21-22H,2H2,1H3/t21-,22+,25+,26+/m1/s1. The second-order valence-electron chi connectivity index (χ2n) is 8.15. The second kappa shape index (κ2) is 6.55. The Morgan fingerprint density at radius 1 is 0.806 bits per heavy atom. The van der Waals surface area contributed by atoms with Crippen molar-refractivity contribution in [1.29, 1.82) is 0 Å². The van der Waals surface area contributed by atoms with Crippen LogP contribution in [-0.4, -0.2) is 17.6 Å².